The standard InChI is InChI=1S/C6H16N2.C2H6/c1-8-6-4-2-3-5-7;1-2/h8H,2-7H2,1H3;1-2H3. The smallest absolute Gasteiger partial charge is 0.00519 e. The first-order valence-corrected chi connectivity index (χ1v) is 4.26. The van der Waals surface area contributed by atoms with Crippen molar-refractivity contribution in [1.29, 1.82) is 0 Å². The number of nitrogens with one attached hydrogen (secondary N) is 1. The fourth-order valence-electron chi connectivity index (χ4n) is 0.623. The van der Waals surface area contributed by atoms with Crippen molar-refractivity contribution >= 4 is 0 Å². The van der Waals surface area contributed by atoms with Gasteiger partial charge in [-0.25, -0.2) is 0 Å². The first-order chi connectivity index (χ1) is 4.91. The second kappa shape index (κ2) is 16.0. The first kappa shape index (κ1) is 12.6. The summed E-state index contributed by atoms with van der Waals surface area (Å²) in [6.45, 7) is 5.96. The van der Waals surface area contributed by atoms with Gasteiger partial charge in [-0.05, 0) is 33.0 Å². The molecule has 0 saturated heterocycles. The normalized spacial score (nSPS) is 8.40. The maximum atomic E-state index is 5.29. The van der Waals surface area contributed by atoms with Crippen molar-refractivity contribution in [1.82, 2.24) is 5.32 Å². The molecule has 0 bridgehead atoms. The molecule has 2 heteroatoms. The van der Waals surface area contributed by atoms with E-state index in [-0.39, 0.29) is 0 Å². The second-order valence-corrected chi connectivity index (χ2v) is 1.95. The monoisotopic (exact) mass is 146 g/mol. The van der Waals surface area contributed by atoms with E-state index in [1.54, 1.807) is 0 Å². The first-order valence-electron chi connectivity index (χ1n) is 4.26. The summed E-state index contributed by atoms with van der Waals surface area (Å²) in [7, 11) is 1.97. The number of unbranched alkanes of at least 4 members (excludes halogenated alkanes) is 2. The minimum atomic E-state index is 0.837. The fourth-order valence-corrected chi connectivity index (χ4v) is 0.623. The molecule has 0 atom stereocenters. The molecule has 3 N–H and O–H groups in total. The van der Waals surface area contributed by atoms with Crippen LogP contribution in [0.25, 0.3) is 0 Å². The van der Waals surface area contributed by atoms with Crippen LogP contribution < -0.4 is 11.1 Å². The zero-order chi connectivity index (χ0) is 8.24. The number of hydrogen-bond donors (Lipinski definition) is 2. The van der Waals surface area contributed by atoms with Crippen LogP contribution >= 0.6 is 0 Å². The molecule has 0 radical (unpaired) electrons. The van der Waals surface area contributed by atoms with E-state index in [1.807, 2.05) is 20.9 Å². The van der Waals surface area contributed by atoms with Crippen molar-refractivity contribution < 1.29 is 0 Å². The van der Waals surface area contributed by atoms with Crippen LogP contribution in [-0.2, 0) is 0 Å². The maximum absolute atomic E-state index is 5.29. The molecule has 0 aromatic rings. The van der Waals surface area contributed by atoms with Crippen molar-refractivity contribution in [2.75, 3.05) is 20.1 Å². The van der Waals surface area contributed by atoms with Crippen LogP contribution in [0.15, 0.2) is 0 Å². The van der Waals surface area contributed by atoms with E-state index in [0.717, 1.165) is 13.1 Å². The highest BCUT2D eigenvalue weighted by molar-refractivity contribution is 4.43. The Labute approximate surface area is 65.2 Å². The Bertz CT molecular complexity index is 32.2. The van der Waals surface area contributed by atoms with Crippen LogP contribution in [0.5, 0.6) is 0 Å². The van der Waals surface area contributed by atoms with Gasteiger partial charge in [0.1, 0.15) is 0 Å². The highest BCUT2D eigenvalue weighted by atomic mass is 14.8. The number of nitrogens with two attached hydrogens (primary N) is 1. The molecular formula is C8H22N2. The topological polar surface area (TPSA) is 38.0 Å². The van der Waals surface area contributed by atoms with Gasteiger partial charge in [-0.2, -0.15) is 0 Å². The number of hydrogen-bond acceptors (Lipinski definition) is 2. The lowest BCUT2D eigenvalue weighted by atomic mass is 10.2. The van der Waals surface area contributed by atoms with Gasteiger partial charge < -0.3 is 11.1 Å². The maximum Gasteiger partial charge on any atom is -0.00519 e. The average Bonchev–Trinajstić information content (AvgIpc) is 2.02. The molecule has 0 aliphatic heterocycles. The molecule has 0 aromatic carbocycles. The van der Waals surface area contributed by atoms with Gasteiger partial charge in [0, 0.05) is 0 Å². The quantitative estimate of drug-likeness (QED) is 0.575. The van der Waals surface area contributed by atoms with E-state index < -0.39 is 0 Å². The molecule has 0 spiro atoms. The predicted molar refractivity (Wildman–Crippen MR) is 48.2 cm³/mol. The molecule has 0 aromatic heterocycles. The van der Waals surface area contributed by atoms with Crippen LogP contribution in [0.4, 0.5) is 0 Å². The van der Waals surface area contributed by atoms with E-state index in [9.17, 15) is 0 Å². The van der Waals surface area contributed by atoms with E-state index in [1.165, 1.54) is 19.3 Å². The van der Waals surface area contributed by atoms with Crippen molar-refractivity contribution in [3.05, 3.63) is 0 Å². The Hall–Kier alpha value is -0.0800. The zero-order valence-corrected chi connectivity index (χ0v) is 7.61. The summed E-state index contributed by atoms with van der Waals surface area (Å²) < 4.78 is 0. The third kappa shape index (κ3) is 15.7. The van der Waals surface area contributed by atoms with Gasteiger partial charge in [0.05, 0.1) is 0 Å². The minimum Gasteiger partial charge on any atom is -0.330 e. The minimum absolute atomic E-state index is 0.837. The average molecular weight is 146 g/mol. The van der Waals surface area contributed by atoms with E-state index in [0.29, 0.717) is 0 Å². The molecule has 0 fully saturated rings. The molecule has 0 amide bonds. The van der Waals surface area contributed by atoms with Crippen LogP contribution in [0.3, 0.4) is 0 Å². The summed E-state index contributed by atoms with van der Waals surface area (Å²) in [6.07, 6.45) is 3.69. The van der Waals surface area contributed by atoms with Gasteiger partial charge >= 0.3 is 0 Å². The highest BCUT2D eigenvalue weighted by Crippen LogP contribution is 1.89. The molecular weight excluding hydrogens is 124 g/mol. The molecule has 0 saturated carbocycles. The lowest BCUT2D eigenvalue weighted by molar-refractivity contribution is 0.648. The van der Waals surface area contributed by atoms with Gasteiger partial charge in [0.2, 0.25) is 0 Å². The second-order valence-electron chi connectivity index (χ2n) is 1.95. The summed E-state index contributed by atoms with van der Waals surface area (Å²) >= 11 is 0. The Balaban J connectivity index is 0. The van der Waals surface area contributed by atoms with Crippen molar-refractivity contribution in [3.63, 3.8) is 0 Å². The highest BCUT2D eigenvalue weighted by Gasteiger charge is 1.82. The molecule has 64 valence electrons. The third-order valence-corrected chi connectivity index (χ3v) is 1.13. The van der Waals surface area contributed by atoms with Crippen molar-refractivity contribution in [2.24, 2.45) is 5.73 Å². The van der Waals surface area contributed by atoms with Crippen LogP contribution in [-0.4, -0.2) is 20.1 Å². The molecule has 0 rings (SSSR count). The predicted octanol–water partition coefficient (Wildman–Crippen LogP) is 1.36. The zero-order valence-electron chi connectivity index (χ0n) is 7.61. The summed E-state index contributed by atoms with van der Waals surface area (Å²) in [5, 5.41) is 3.09. The molecule has 10 heavy (non-hydrogen) atoms. The molecule has 0 aliphatic carbocycles. The lowest BCUT2D eigenvalue weighted by Crippen LogP contribution is -2.08. The molecule has 0 aliphatic rings. The van der Waals surface area contributed by atoms with Crippen LogP contribution in [0, 0.1) is 0 Å². The van der Waals surface area contributed by atoms with E-state index in [2.05, 4.69) is 5.32 Å². The van der Waals surface area contributed by atoms with Crippen LogP contribution in [0.1, 0.15) is 33.1 Å². The summed E-state index contributed by atoms with van der Waals surface area (Å²) in [6, 6.07) is 0. The van der Waals surface area contributed by atoms with E-state index in [4.69, 9.17) is 5.73 Å². The SMILES string of the molecule is CC.CNCCCCCN. The van der Waals surface area contributed by atoms with Gasteiger partial charge in [0.25, 0.3) is 0 Å². The Morgan fingerprint density at radius 1 is 1.10 bits per heavy atom. The van der Waals surface area contributed by atoms with Crippen molar-refractivity contribution in [2.45, 2.75) is 33.1 Å². The molecule has 2 nitrogen and oxygen atoms in total. The summed E-state index contributed by atoms with van der Waals surface area (Å²) in [5.41, 5.74) is 5.29. The Morgan fingerprint density at radius 2 is 1.70 bits per heavy atom. The Morgan fingerprint density at radius 3 is 2.10 bits per heavy atom. The largest absolute Gasteiger partial charge is 0.330 e. The van der Waals surface area contributed by atoms with Gasteiger partial charge in [-0.15, -0.1) is 0 Å². The van der Waals surface area contributed by atoms with Crippen molar-refractivity contribution in [3.8, 4) is 0 Å². The fraction of sp³-hybridized carbons (Fsp3) is 1.00. The Kier molecular flexibility index (Phi) is 20.1. The molecule has 0 heterocycles. The lowest BCUT2D eigenvalue weighted by Gasteiger charge is -1.95. The van der Waals surface area contributed by atoms with Gasteiger partial charge in [-0.1, -0.05) is 20.3 Å². The van der Waals surface area contributed by atoms with Gasteiger partial charge in [-0.3, -0.25) is 0 Å². The van der Waals surface area contributed by atoms with Crippen LogP contribution in [0.2, 0.25) is 0 Å². The number of rotatable bonds is 5. The summed E-state index contributed by atoms with van der Waals surface area (Å²) in [5.74, 6) is 0. The third-order valence-electron chi connectivity index (χ3n) is 1.13. The van der Waals surface area contributed by atoms with E-state index >= 15 is 0 Å². The summed E-state index contributed by atoms with van der Waals surface area (Å²) in [4.78, 5) is 0. The molecule has 0 unspecified atom stereocenters. The van der Waals surface area contributed by atoms with Gasteiger partial charge in [0.15, 0.2) is 0 Å².